The van der Waals surface area contributed by atoms with Crippen LogP contribution in [0, 0.1) is 13.8 Å². The topological polar surface area (TPSA) is 77.1 Å². The van der Waals surface area contributed by atoms with E-state index in [9.17, 15) is 9.59 Å². The molecule has 0 spiro atoms. The Labute approximate surface area is 238 Å². The molecule has 3 aromatic rings. The normalized spacial score (nSPS) is 14.1. The third kappa shape index (κ3) is 6.99. The number of rotatable bonds is 10. The lowest BCUT2D eigenvalue weighted by molar-refractivity contribution is -0.118. The number of thioether (sulfide) groups is 1. The van der Waals surface area contributed by atoms with Crippen molar-refractivity contribution < 1.29 is 23.8 Å². The van der Waals surface area contributed by atoms with Crippen molar-refractivity contribution in [3.05, 3.63) is 82.3 Å². The Hall–Kier alpha value is -3.82. The summed E-state index contributed by atoms with van der Waals surface area (Å²) in [6, 6.07) is 18.4. The van der Waals surface area contributed by atoms with Gasteiger partial charge in [-0.2, -0.15) is 0 Å². The van der Waals surface area contributed by atoms with E-state index in [1.807, 2.05) is 76.2 Å². The number of amides is 2. The highest BCUT2D eigenvalue weighted by Crippen LogP contribution is 2.37. The molecule has 0 radical (unpaired) electrons. The van der Waals surface area contributed by atoms with Crippen LogP contribution in [0.4, 0.5) is 11.4 Å². The van der Waals surface area contributed by atoms with Gasteiger partial charge in [0.25, 0.3) is 11.8 Å². The summed E-state index contributed by atoms with van der Waals surface area (Å²) < 4.78 is 17.5. The summed E-state index contributed by atoms with van der Waals surface area (Å²) in [6.45, 7) is 8.54. The second kappa shape index (κ2) is 12.8. The van der Waals surface area contributed by atoms with E-state index in [0.717, 1.165) is 28.1 Å². The van der Waals surface area contributed by atoms with Crippen LogP contribution in [-0.2, 0) is 9.59 Å². The fraction of sp³-hybridized carbons (Fsp3) is 0.233. The molecule has 4 rings (SSSR count). The molecule has 3 aromatic carbocycles. The van der Waals surface area contributed by atoms with E-state index in [0.29, 0.717) is 39.6 Å². The number of anilines is 2. The zero-order valence-corrected chi connectivity index (χ0v) is 23.9. The zero-order chi connectivity index (χ0) is 27.9. The molecule has 1 fully saturated rings. The van der Waals surface area contributed by atoms with Crippen LogP contribution < -0.4 is 24.4 Å². The van der Waals surface area contributed by atoms with Crippen LogP contribution in [0.5, 0.6) is 17.2 Å². The molecule has 202 valence electrons. The van der Waals surface area contributed by atoms with Crippen molar-refractivity contribution in [2.75, 3.05) is 30.0 Å². The maximum absolute atomic E-state index is 13.2. The summed E-state index contributed by atoms with van der Waals surface area (Å²) in [5.41, 5.74) is 4.29. The predicted molar refractivity (Wildman–Crippen MR) is 161 cm³/mol. The van der Waals surface area contributed by atoms with Gasteiger partial charge in [-0.05, 0) is 87.4 Å². The number of hydrogen-bond acceptors (Lipinski definition) is 7. The van der Waals surface area contributed by atoms with E-state index >= 15 is 0 Å². The number of aryl methyl sites for hydroxylation is 2. The lowest BCUT2D eigenvalue weighted by Crippen LogP contribution is -2.27. The molecule has 2 amide bonds. The summed E-state index contributed by atoms with van der Waals surface area (Å²) in [4.78, 5) is 27.7. The highest BCUT2D eigenvalue weighted by molar-refractivity contribution is 8.27. The fourth-order valence-electron chi connectivity index (χ4n) is 3.99. The molecular weight excluding hydrogens is 532 g/mol. The van der Waals surface area contributed by atoms with Crippen LogP contribution in [0.15, 0.2) is 65.6 Å². The molecule has 1 saturated heterocycles. The Balaban J connectivity index is 1.46. The first kappa shape index (κ1) is 28.2. The molecule has 1 aliphatic heterocycles. The Kier molecular flexibility index (Phi) is 9.27. The minimum Gasteiger partial charge on any atom is -0.494 e. The number of benzene rings is 3. The summed E-state index contributed by atoms with van der Waals surface area (Å²) >= 11 is 6.74. The van der Waals surface area contributed by atoms with Gasteiger partial charge >= 0.3 is 0 Å². The molecule has 0 atom stereocenters. The van der Waals surface area contributed by atoms with Crippen LogP contribution in [0.25, 0.3) is 6.08 Å². The molecular formula is C30H30N2O5S2. The minimum atomic E-state index is -0.272. The molecule has 0 aromatic heterocycles. The molecule has 7 nitrogen and oxygen atoms in total. The second-order valence-electron chi connectivity index (χ2n) is 8.74. The molecule has 9 heteroatoms. The fourth-order valence-corrected chi connectivity index (χ4v) is 5.28. The molecule has 0 bridgehead atoms. The van der Waals surface area contributed by atoms with E-state index in [-0.39, 0.29) is 18.4 Å². The van der Waals surface area contributed by atoms with E-state index in [1.54, 1.807) is 18.2 Å². The molecule has 1 N–H and O–H groups in total. The minimum absolute atomic E-state index is 0.173. The van der Waals surface area contributed by atoms with Gasteiger partial charge in [-0.3, -0.25) is 14.5 Å². The zero-order valence-electron chi connectivity index (χ0n) is 22.3. The Morgan fingerprint density at radius 1 is 0.949 bits per heavy atom. The summed E-state index contributed by atoms with van der Waals surface area (Å²) in [5, 5.41) is 2.88. The van der Waals surface area contributed by atoms with Crippen LogP contribution in [-0.4, -0.2) is 36.0 Å². The van der Waals surface area contributed by atoms with Crippen molar-refractivity contribution in [3.63, 3.8) is 0 Å². The van der Waals surface area contributed by atoms with Crippen molar-refractivity contribution >= 4 is 57.6 Å². The summed E-state index contributed by atoms with van der Waals surface area (Å²) in [6.07, 6.45) is 1.77. The third-order valence-corrected chi connectivity index (χ3v) is 7.08. The standard InChI is InChI=1S/C30H30N2O5S2/c1-5-35-23-11-9-22(10-12-23)32-29(34)27(39-30(32)38)17-21-8-14-25(26(16-21)36-6-2)37-18-28(33)31-24-13-7-19(3)15-20(24)4/h7-17H,5-6,18H2,1-4H3,(H,31,33)/b27-17-. The maximum Gasteiger partial charge on any atom is 0.270 e. The predicted octanol–water partition coefficient (Wildman–Crippen LogP) is 6.52. The van der Waals surface area contributed by atoms with E-state index < -0.39 is 0 Å². The molecule has 1 aliphatic rings. The highest BCUT2D eigenvalue weighted by Gasteiger charge is 2.33. The average molecular weight is 563 g/mol. The van der Waals surface area contributed by atoms with Gasteiger partial charge in [-0.1, -0.05) is 47.7 Å². The van der Waals surface area contributed by atoms with Gasteiger partial charge in [0, 0.05) is 5.69 Å². The summed E-state index contributed by atoms with van der Waals surface area (Å²) in [7, 11) is 0. The largest absolute Gasteiger partial charge is 0.494 e. The van der Waals surface area contributed by atoms with E-state index in [1.165, 1.54) is 16.7 Å². The average Bonchev–Trinajstić information content (AvgIpc) is 3.18. The number of ether oxygens (including phenoxy) is 3. The second-order valence-corrected chi connectivity index (χ2v) is 10.4. The molecule has 39 heavy (non-hydrogen) atoms. The molecule has 0 aliphatic carbocycles. The SMILES string of the molecule is CCOc1ccc(N2C(=O)/C(=C/c3ccc(OCC(=O)Nc4ccc(C)cc4C)c(OCC)c3)SC2=S)cc1. The van der Waals surface area contributed by atoms with Gasteiger partial charge in [0.1, 0.15) is 5.75 Å². The molecule has 1 heterocycles. The first-order valence-corrected chi connectivity index (χ1v) is 13.8. The Morgan fingerprint density at radius 2 is 1.69 bits per heavy atom. The number of carbonyl (C=O) groups excluding carboxylic acids is 2. The number of hydrogen-bond donors (Lipinski definition) is 1. The number of nitrogens with one attached hydrogen (secondary N) is 1. The summed E-state index contributed by atoms with van der Waals surface area (Å²) in [5.74, 6) is 1.18. The van der Waals surface area contributed by atoms with Crippen molar-refractivity contribution in [1.82, 2.24) is 0 Å². The van der Waals surface area contributed by atoms with Gasteiger partial charge in [0.15, 0.2) is 22.4 Å². The highest BCUT2D eigenvalue weighted by atomic mass is 32.2. The lowest BCUT2D eigenvalue weighted by Gasteiger charge is -2.15. The smallest absolute Gasteiger partial charge is 0.270 e. The van der Waals surface area contributed by atoms with Crippen molar-refractivity contribution in [1.29, 1.82) is 0 Å². The number of thiocarbonyl (C=S) groups is 1. The first-order valence-electron chi connectivity index (χ1n) is 12.6. The van der Waals surface area contributed by atoms with Crippen LogP contribution >= 0.6 is 24.0 Å². The monoisotopic (exact) mass is 562 g/mol. The lowest BCUT2D eigenvalue weighted by atomic mass is 10.1. The van der Waals surface area contributed by atoms with Gasteiger partial charge in [-0.25, -0.2) is 0 Å². The van der Waals surface area contributed by atoms with E-state index in [4.69, 9.17) is 26.4 Å². The van der Waals surface area contributed by atoms with Gasteiger partial charge < -0.3 is 19.5 Å². The van der Waals surface area contributed by atoms with Crippen molar-refractivity contribution in [3.8, 4) is 17.2 Å². The quantitative estimate of drug-likeness (QED) is 0.223. The Bertz CT molecular complexity index is 1420. The van der Waals surface area contributed by atoms with E-state index in [2.05, 4.69) is 5.32 Å². The van der Waals surface area contributed by atoms with Gasteiger partial charge in [0.05, 0.1) is 23.8 Å². The Morgan fingerprint density at radius 3 is 2.38 bits per heavy atom. The van der Waals surface area contributed by atoms with Crippen molar-refractivity contribution in [2.24, 2.45) is 0 Å². The first-order chi connectivity index (χ1) is 18.8. The third-order valence-electron chi connectivity index (χ3n) is 5.78. The number of nitrogens with zero attached hydrogens (tertiary/aromatic N) is 1. The van der Waals surface area contributed by atoms with Gasteiger partial charge in [0.2, 0.25) is 0 Å². The van der Waals surface area contributed by atoms with Crippen LogP contribution in [0.3, 0.4) is 0 Å². The number of carbonyl (C=O) groups is 2. The van der Waals surface area contributed by atoms with Crippen molar-refractivity contribution in [2.45, 2.75) is 27.7 Å². The van der Waals surface area contributed by atoms with Gasteiger partial charge in [-0.15, -0.1) is 0 Å². The van der Waals surface area contributed by atoms with Crippen LogP contribution in [0.2, 0.25) is 0 Å². The molecule has 0 saturated carbocycles. The molecule has 0 unspecified atom stereocenters. The maximum atomic E-state index is 13.2. The van der Waals surface area contributed by atoms with Crippen LogP contribution in [0.1, 0.15) is 30.5 Å².